The average molecular weight is 508 g/mol. The van der Waals surface area contributed by atoms with E-state index in [-0.39, 0.29) is 17.1 Å². The molecule has 1 N–H and O–H groups in total. The molecule has 1 aromatic carbocycles. The second kappa shape index (κ2) is 10.7. The number of benzene rings is 1. The molecule has 176 valence electrons. The molecule has 3 rings (SSSR count). The van der Waals surface area contributed by atoms with Gasteiger partial charge in [0.15, 0.2) is 0 Å². The van der Waals surface area contributed by atoms with Crippen LogP contribution in [0, 0.1) is 23.5 Å². The lowest BCUT2D eigenvalue weighted by Crippen LogP contribution is -2.37. The van der Waals surface area contributed by atoms with Gasteiger partial charge in [0.2, 0.25) is 10.0 Å². The molecule has 0 radical (unpaired) electrons. The Morgan fingerprint density at radius 1 is 1.27 bits per heavy atom. The number of nitriles is 1. The van der Waals surface area contributed by atoms with E-state index in [2.05, 4.69) is 12.2 Å². The van der Waals surface area contributed by atoms with Crippen LogP contribution in [-0.2, 0) is 14.8 Å². The first-order valence-electron chi connectivity index (χ1n) is 10.5. The number of carbonyl (C=O) groups is 2. The lowest BCUT2D eigenvalue weighted by Gasteiger charge is -2.29. The Morgan fingerprint density at radius 3 is 2.48 bits per heavy atom. The van der Waals surface area contributed by atoms with Crippen molar-refractivity contribution in [3.05, 3.63) is 40.3 Å². The number of thiophene rings is 1. The molecule has 0 unspecified atom stereocenters. The highest BCUT2D eigenvalue weighted by molar-refractivity contribution is 8.04. The minimum Gasteiger partial charge on any atom is -0.462 e. The summed E-state index contributed by atoms with van der Waals surface area (Å²) in [6, 6.07) is 5.77. The Morgan fingerprint density at radius 2 is 1.91 bits per heavy atom. The number of thiocyanates is 1. The first-order valence-corrected chi connectivity index (χ1v) is 13.5. The van der Waals surface area contributed by atoms with Gasteiger partial charge in [-0.05, 0) is 74.2 Å². The average Bonchev–Trinajstić information content (AvgIpc) is 3.10. The third-order valence-corrected chi connectivity index (χ3v) is 9.46. The van der Waals surface area contributed by atoms with Crippen LogP contribution in [0.2, 0.25) is 0 Å². The zero-order chi connectivity index (χ0) is 24.2. The summed E-state index contributed by atoms with van der Waals surface area (Å²) in [5, 5.41) is 14.2. The van der Waals surface area contributed by atoms with Gasteiger partial charge in [0.05, 0.1) is 16.4 Å². The lowest BCUT2D eigenvalue weighted by molar-refractivity contribution is 0.0531. The predicted octanol–water partition coefficient (Wildman–Crippen LogP) is 4.48. The molecule has 0 aliphatic carbocycles. The molecular weight excluding hydrogens is 482 g/mol. The van der Waals surface area contributed by atoms with Crippen molar-refractivity contribution in [3.8, 4) is 5.40 Å². The number of nitrogens with one attached hydrogen (secondary N) is 1. The smallest absolute Gasteiger partial charge is 0.348 e. The fourth-order valence-electron chi connectivity index (χ4n) is 3.47. The Balaban J connectivity index is 1.79. The molecule has 1 fully saturated rings. The highest BCUT2D eigenvalue weighted by Gasteiger charge is 2.28. The van der Waals surface area contributed by atoms with Crippen LogP contribution in [0.4, 0.5) is 5.00 Å². The van der Waals surface area contributed by atoms with E-state index in [9.17, 15) is 18.0 Å². The van der Waals surface area contributed by atoms with Gasteiger partial charge in [-0.25, -0.2) is 13.2 Å². The van der Waals surface area contributed by atoms with Crippen LogP contribution >= 0.6 is 23.1 Å². The molecule has 0 bridgehead atoms. The number of anilines is 1. The number of hydrogen-bond acceptors (Lipinski definition) is 8. The zero-order valence-electron chi connectivity index (χ0n) is 18.6. The number of piperidine rings is 1. The number of ether oxygens (including phenoxy) is 1. The van der Waals surface area contributed by atoms with Gasteiger partial charge in [-0.15, -0.1) is 11.3 Å². The number of nitrogens with zero attached hydrogens (tertiary/aromatic N) is 2. The Labute approximate surface area is 202 Å². The zero-order valence-corrected chi connectivity index (χ0v) is 21.0. The molecule has 0 saturated carbocycles. The third kappa shape index (κ3) is 5.58. The molecule has 8 nitrogen and oxygen atoms in total. The monoisotopic (exact) mass is 507 g/mol. The molecule has 2 heterocycles. The number of hydrogen-bond donors (Lipinski definition) is 1. The van der Waals surface area contributed by atoms with E-state index in [0.29, 0.717) is 39.3 Å². The summed E-state index contributed by atoms with van der Waals surface area (Å²) >= 11 is 1.89. The number of esters is 1. The second-order valence-electron chi connectivity index (χ2n) is 7.69. The standard InChI is InChI=1S/C22H25N3O5S3/c1-4-30-22(27)19-15(3)18(31-13-23)21(32-19)24-20(26)16-5-7-17(8-6-16)33(28,29)25-11-9-14(2)10-12-25/h5-8,14H,4,9-12H2,1-3H3,(H,24,26). The highest BCUT2D eigenvalue weighted by Crippen LogP contribution is 2.40. The van der Waals surface area contributed by atoms with Crippen LogP contribution in [0.15, 0.2) is 34.1 Å². The Hall–Kier alpha value is -2.39. The molecule has 11 heteroatoms. The number of sulfonamides is 1. The van der Waals surface area contributed by atoms with E-state index < -0.39 is 21.9 Å². The Kier molecular flexibility index (Phi) is 8.18. The van der Waals surface area contributed by atoms with Crippen LogP contribution in [0.3, 0.4) is 0 Å². The Bertz CT molecular complexity index is 1180. The van der Waals surface area contributed by atoms with Crippen molar-refractivity contribution < 1.29 is 22.7 Å². The van der Waals surface area contributed by atoms with Crippen molar-refractivity contribution in [2.24, 2.45) is 5.92 Å². The third-order valence-electron chi connectivity index (χ3n) is 5.42. The van der Waals surface area contributed by atoms with Crippen molar-refractivity contribution in [1.82, 2.24) is 4.31 Å². The van der Waals surface area contributed by atoms with Crippen molar-refractivity contribution in [3.63, 3.8) is 0 Å². The number of amides is 1. The molecule has 1 aliphatic heterocycles. The van der Waals surface area contributed by atoms with E-state index in [0.717, 1.165) is 35.9 Å². The maximum atomic E-state index is 12.9. The van der Waals surface area contributed by atoms with Crippen molar-refractivity contribution in [1.29, 1.82) is 5.26 Å². The molecular formula is C22H25N3O5S3. The van der Waals surface area contributed by atoms with Gasteiger partial charge in [-0.1, -0.05) is 6.92 Å². The van der Waals surface area contributed by atoms with E-state index in [1.54, 1.807) is 13.8 Å². The van der Waals surface area contributed by atoms with Crippen molar-refractivity contribution >= 4 is 50.0 Å². The van der Waals surface area contributed by atoms with Crippen LogP contribution in [0.5, 0.6) is 0 Å². The lowest BCUT2D eigenvalue weighted by atomic mass is 10.0. The number of thioether (sulfide) groups is 1. The van der Waals surface area contributed by atoms with Crippen LogP contribution in [-0.4, -0.2) is 44.3 Å². The molecule has 0 spiro atoms. The van der Waals surface area contributed by atoms with E-state index in [1.807, 2.05) is 5.40 Å². The summed E-state index contributed by atoms with van der Waals surface area (Å²) in [4.78, 5) is 26.0. The number of rotatable bonds is 7. The van der Waals surface area contributed by atoms with Gasteiger partial charge in [-0.3, -0.25) is 4.79 Å². The normalized spacial score (nSPS) is 15.1. The predicted molar refractivity (Wildman–Crippen MR) is 128 cm³/mol. The first kappa shape index (κ1) is 25.2. The minimum atomic E-state index is -3.61. The highest BCUT2D eigenvalue weighted by atomic mass is 32.2. The molecule has 0 atom stereocenters. The van der Waals surface area contributed by atoms with Gasteiger partial charge < -0.3 is 10.1 Å². The molecule has 2 aromatic rings. The van der Waals surface area contributed by atoms with Gasteiger partial charge in [0.1, 0.15) is 15.3 Å². The maximum Gasteiger partial charge on any atom is 0.348 e. The molecule has 1 saturated heterocycles. The SMILES string of the molecule is CCOC(=O)c1sc(NC(=O)c2ccc(S(=O)(=O)N3CCC(C)CC3)cc2)c(SC#N)c1C. The van der Waals surface area contributed by atoms with E-state index >= 15 is 0 Å². The van der Waals surface area contributed by atoms with Gasteiger partial charge >= 0.3 is 5.97 Å². The fourth-order valence-corrected chi connectivity index (χ4v) is 6.73. The maximum absolute atomic E-state index is 12.9. The summed E-state index contributed by atoms with van der Waals surface area (Å²) in [7, 11) is -3.61. The molecule has 33 heavy (non-hydrogen) atoms. The van der Waals surface area contributed by atoms with Gasteiger partial charge in [0, 0.05) is 18.7 Å². The van der Waals surface area contributed by atoms with E-state index in [1.165, 1.54) is 28.6 Å². The molecule has 1 aliphatic rings. The summed E-state index contributed by atoms with van der Waals surface area (Å²) in [5.74, 6) is -0.471. The first-order chi connectivity index (χ1) is 15.7. The van der Waals surface area contributed by atoms with E-state index in [4.69, 9.17) is 10.00 Å². The van der Waals surface area contributed by atoms with Gasteiger partial charge in [0.25, 0.3) is 5.91 Å². The van der Waals surface area contributed by atoms with Gasteiger partial charge in [-0.2, -0.15) is 9.57 Å². The van der Waals surface area contributed by atoms with Crippen LogP contribution in [0.1, 0.15) is 52.3 Å². The van der Waals surface area contributed by atoms with Crippen LogP contribution < -0.4 is 5.32 Å². The molecule has 1 amide bonds. The summed E-state index contributed by atoms with van der Waals surface area (Å²) in [6.07, 6.45) is 1.66. The minimum absolute atomic E-state index is 0.144. The summed E-state index contributed by atoms with van der Waals surface area (Å²) < 4.78 is 32.3. The van der Waals surface area contributed by atoms with Crippen molar-refractivity contribution in [2.45, 2.75) is 43.4 Å². The topological polar surface area (TPSA) is 117 Å². The quantitative estimate of drug-likeness (QED) is 0.334. The number of carbonyl (C=O) groups excluding carboxylic acids is 2. The van der Waals surface area contributed by atoms with Crippen molar-refractivity contribution in [2.75, 3.05) is 25.0 Å². The summed E-state index contributed by atoms with van der Waals surface area (Å²) in [6.45, 7) is 6.70. The second-order valence-corrected chi connectivity index (χ2v) is 11.4. The fraction of sp³-hybridized carbons (Fsp3) is 0.409. The summed E-state index contributed by atoms with van der Waals surface area (Å²) in [5.41, 5.74) is 0.829. The molecule has 1 aromatic heterocycles. The largest absolute Gasteiger partial charge is 0.462 e. The van der Waals surface area contributed by atoms with Crippen LogP contribution in [0.25, 0.3) is 0 Å².